The summed E-state index contributed by atoms with van der Waals surface area (Å²) < 4.78 is 3.44. The van der Waals surface area contributed by atoms with Gasteiger partial charge in [0.05, 0.1) is 40.5 Å². The van der Waals surface area contributed by atoms with Crippen LogP contribution in [0.2, 0.25) is 5.02 Å². The molecule has 11 heteroatoms. The zero-order valence-electron chi connectivity index (χ0n) is 18.9. The van der Waals surface area contributed by atoms with Crippen molar-refractivity contribution in [2.45, 2.75) is 13.1 Å². The number of nitrogens with zero attached hydrogens (tertiary/aromatic N) is 6. The first kappa shape index (κ1) is 25.0. The SMILES string of the molecule is CN(C)c1c(Cl)ccc2c(=O)c3ccc(N(C)CCn4ccnc4)nc3n(CC(=O)[O-])c12.[Na+]. The molecule has 0 spiro atoms. The molecule has 0 radical (unpaired) electrons. The molecule has 9 nitrogen and oxygen atoms in total. The Labute approximate surface area is 217 Å². The molecule has 1 aromatic carbocycles. The van der Waals surface area contributed by atoms with Crippen LogP contribution in [-0.4, -0.2) is 52.8 Å². The van der Waals surface area contributed by atoms with Gasteiger partial charge in [-0.25, -0.2) is 9.97 Å². The fraction of sp³-hybridized carbons (Fsp3) is 0.273. The Morgan fingerprint density at radius 1 is 1.15 bits per heavy atom. The van der Waals surface area contributed by atoms with E-state index < -0.39 is 12.5 Å². The van der Waals surface area contributed by atoms with Gasteiger partial charge in [-0.15, -0.1) is 0 Å². The maximum absolute atomic E-state index is 13.3. The van der Waals surface area contributed by atoms with Crippen LogP contribution in [0.15, 0.2) is 47.8 Å². The molecule has 0 N–H and O–H groups in total. The fourth-order valence-electron chi connectivity index (χ4n) is 3.80. The second kappa shape index (κ2) is 10.1. The molecular formula is C22H22ClN6NaO3. The van der Waals surface area contributed by atoms with Crippen LogP contribution in [0, 0.1) is 0 Å². The van der Waals surface area contributed by atoms with E-state index in [0.717, 1.165) is 0 Å². The number of benzene rings is 1. The first-order valence-electron chi connectivity index (χ1n) is 9.97. The summed E-state index contributed by atoms with van der Waals surface area (Å²) in [4.78, 5) is 37.3. The third-order valence-corrected chi connectivity index (χ3v) is 5.66. The van der Waals surface area contributed by atoms with Crippen LogP contribution in [0.3, 0.4) is 0 Å². The molecule has 33 heavy (non-hydrogen) atoms. The Kier molecular flexibility index (Phi) is 7.69. The van der Waals surface area contributed by atoms with E-state index in [1.165, 1.54) is 4.57 Å². The van der Waals surface area contributed by atoms with Gasteiger partial charge in [0.1, 0.15) is 11.5 Å². The molecule has 166 valence electrons. The topological polar surface area (TPSA) is 99.3 Å². The summed E-state index contributed by atoms with van der Waals surface area (Å²) in [6, 6.07) is 6.70. The Hall–Kier alpha value is -2.59. The van der Waals surface area contributed by atoms with Gasteiger partial charge in [0.2, 0.25) is 0 Å². The molecule has 3 aromatic heterocycles. The Morgan fingerprint density at radius 2 is 1.88 bits per heavy atom. The molecule has 0 saturated carbocycles. The normalized spacial score (nSPS) is 10.9. The number of hydrogen-bond donors (Lipinski definition) is 0. The summed E-state index contributed by atoms with van der Waals surface area (Å²) in [6.07, 6.45) is 5.32. The van der Waals surface area contributed by atoms with Gasteiger partial charge in [0, 0.05) is 52.0 Å². The minimum atomic E-state index is -1.29. The van der Waals surface area contributed by atoms with Crippen molar-refractivity contribution in [2.24, 2.45) is 0 Å². The van der Waals surface area contributed by atoms with E-state index in [1.807, 2.05) is 22.7 Å². The predicted octanol–water partition coefficient (Wildman–Crippen LogP) is -1.64. The standard InChI is InChI=1S/C22H23ClN6O3.Na/c1-26(2)20-16(23)6-4-14-19(20)29(12-18(30)31)22-15(21(14)32)5-7-17(25-22)27(3)10-11-28-9-8-24-13-28;/h4-9,13H,10-12H2,1-3H3,(H,30,31);/q;+1/p-1. The summed E-state index contributed by atoms with van der Waals surface area (Å²) in [7, 11) is 5.45. The summed E-state index contributed by atoms with van der Waals surface area (Å²) in [6.45, 7) is 0.867. The average Bonchev–Trinajstić information content (AvgIpc) is 3.27. The van der Waals surface area contributed by atoms with Crippen molar-refractivity contribution < 1.29 is 39.5 Å². The molecule has 0 bridgehead atoms. The van der Waals surface area contributed by atoms with Crippen LogP contribution < -0.4 is 49.9 Å². The van der Waals surface area contributed by atoms with Crippen LogP contribution in [0.5, 0.6) is 0 Å². The molecule has 4 rings (SSSR count). The minimum Gasteiger partial charge on any atom is -0.548 e. The Morgan fingerprint density at radius 3 is 2.52 bits per heavy atom. The number of pyridine rings is 2. The van der Waals surface area contributed by atoms with Crippen molar-refractivity contribution >= 4 is 51.0 Å². The molecule has 4 aromatic rings. The Bertz CT molecular complexity index is 1370. The molecule has 0 unspecified atom stereocenters. The zero-order valence-corrected chi connectivity index (χ0v) is 21.7. The van der Waals surface area contributed by atoms with Gasteiger partial charge in [0.15, 0.2) is 5.43 Å². The van der Waals surface area contributed by atoms with Crippen LogP contribution in [0.4, 0.5) is 11.5 Å². The molecule has 3 heterocycles. The average molecular weight is 477 g/mol. The number of likely N-dealkylation sites (N-methyl/N-ethyl adjacent to an activating group) is 1. The monoisotopic (exact) mass is 476 g/mol. The number of aromatic nitrogens is 4. The van der Waals surface area contributed by atoms with Crippen LogP contribution in [0.25, 0.3) is 21.9 Å². The van der Waals surface area contributed by atoms with Crippen LogP contribution in [-0.2, 0) is 17.9 Å². The van der Waals surface area contributed by atoms with Gasteiger partial charge in [-0.2, -0.15) is 0 Å². The third kappa shape index (κ3) is 4.86. The summed E-state index contributed by atoms with van der Waals surface area (Å²) in [5.74, 6) is -0.682. The van der Waals surface area contributed by atoms with E-state index >= 15 is 0 Å². The molecule has 0 saturated heterocycles. The van der Waals surface area contributed by atoms with Gasteiger partial charge in [0.25, 0.3) is 0 Å². The molecular weight excluding hydrogens is 455 g/mol. The van der Waals surface area contributed by atoms with Crippen molar-refractivity contribution in [1.82, 2.24) is 19.1 Å². The van der Waals surface area contributed by atoms with Crippen LogP contribution in [0.1, 0.15) is 0 Å². The molecule has 0 amide bonds. The molecule has 0 atom stereocenters. The first-order chi connectivity index (χ1) is 15.3. The second-order valence-electron chi connectivity index (χ2n) is 7.74. The van der Waals surface area contributed by atoms with E-state index in [-0.39, 0.29) is 40.6 Å². The number of imidazole rings is 1. The van der Waals surface area contributed by atoms with E-state index in [1.54, 1.807) is 55.8 Å². The second-order valence-corrected chi connectivity index (χ2v) is 8.14. The van der Waals surface area contributed by atoms with Crippen molar-refractivity contribution in [3.05, 3.63) is 58.2 Å². The van der Waals surface area contributed by atoms with Crippen LogP contribution >= 0.6 is 11.6 Å². The number of aliphatic carboxylic acids is 1. The third-order valence-electron chi connectivity index (χ3n) is 5.36. The molecule has 0 aliphatic carbocycles. The minimum absolute atomic E-state index is 0. The van der Waals surface area contributed by atoms with Gasteiger partial charge < -0.3 is 28.8 Å². The number of anilines is 2. The molecule has 0 aliphatic heterocycles. The van der Waals surface area contributed by atoms with Crippen molar-refractivity contribution in [3.63, 3.8) is 0 Å². The number of carbonyl (C=O) groups excluding carboxylic acids is 1. The maximum atomic E-state index is 13.3. The van der Waals surface area contributed by atoms with E-state index in [2.05, 4.69) is 9.97 Å². The number of fused-ring (bicyclic) bond motifs is 2. The number of hydrogen-bond acceptors (Lipinski definition) is 7. The number of carbonyl (C=O) groups is 1. The van der Waals surface area contributed by atoms with E-state index in [0.29, 0.717) is 45.9 Å². The molecule has 0 aliphatic rings. The van der Waals surface area contributed by atoms with Crippen molar-refractivity contribution in [2.75, 3.05) is 37.5 Å². The largest absolute Gasteiger partial charge is 1.00 e. The Balaban J connectivity index is 0.00000306. The predicted molar refractivity (Wildman–Crippen MR) is 123 cm³/mol. The van der Waals surface area contributed by atoms with Crippen molar-refractivity contribution in [3.8, 4) is 0 Å². The number of carboxylic acid groups (broad SMARTS) is 1. The molecule has 0 fully saturated rings. The van der Waals surface area contributed by atoms with Gasteiger partial charge in [-0.05, 0) is 24.3 Å². The first-order valence-corrected chi connectivity index (χ1v) is 10.4. The summed E-state index contributed by atoms with van der Waals surface area (Å²) in [5, 5.41) is 12.8. The van der Waals surface area contributed by atoms with Crippen molar-refractivity contribution in [1.29, 1.82) is 0 Å². The fourth-order valence-corrected chi connectivity index (χ4v) is 4.13. The maximum Gasteiger partial charge on any atom is 1.00 e. The van der Waals surface area contributed by atoms with Gasteiger partial charge in [-0.1, -0.05) is 11.6 Å². The van der Waals surface area contributed by atoms with E-state index in [4.69, 9.17) is 11.6 Å². The number of halogens is 1. The summed E-state index contributed by atoms with van der Waals surface area (Å²) in [5.41, 5.74) is 0.994. The summed E-state index contributed by atoms with van der Waals surface area (Å²) >= 11 is 6.43. The smallest absolute Gasteiger partial charge is 0.548 e. The van der Waals surface area contributed by atoms with Gasteiger partial charge in [-0.3, -0.25) is 4.79 Å². The van der Waals surface area contributed by atoms with Gasteiger partial charge >= 0.3 is 29.6 Å². The van der Waals surface area contributed by atoms with E-state index in [9.17, 15) is 14.7 Å². The number of carboxylic acids is 1. The quantitative estimate of drug-likeness (QED) is 0.233. The zero-order chi connectivity index (χ0) is 23.0. The number of rotatable bonds is 7.